The molecule has 3 rings (SSSR count). The van der Waals surface area contributed by atoms with E-state index in [4.69, 9.17) is 23.2 Å². The molecule has 0 bridgehead atoms. The van der Waals surface area contributed by atoms with Gasteiger partial charge in [-0.1, -0.05) is 50.0 Å². The number of urea groups is 1. The fourth-order valence-electron chi connectivity index (χ4n) is 3.88. The number of likely N-dealkylation sites (N-methyl/N-ethyl adjacent to an activating group) is 1. The zero-order valence-corrected chi connectivity index (χ0v) is 24.0. The minimum atomic E-state index is -1.19. The second-order valence-corrected chi connectivity index (χ2v) is 12.0. The molecule has 5 amide bonds. The van der Waals surface area contributed by atoms with E-state index in [9.17, 15) is 19.2 Å². The standard InChI is InChI=1S/C25H31Cl2N5O4S/c1-24(2,3)17-12-14(20(37-17)30-23(36)29-16-9-7-8-15(26)19(16)27)21(34)32-11-10-31(13-18(33)28-6)22(35)25(32,4)5/h7-9,12H,10-11,13H2,1-6H3,(H,28,33)(H2,29,30,36). The van der Waals surface area contributed by atoms with Gasteiger partial charge in [0.2, 0.25) is 11.8 Å². The molecule has 0 radical (unpaired) electrons. The summed E-state index contributed by atoms with van der Waals surface area (Å²) in [6.07, 6.45) is 0. The Morgan fingerprint density at radius 3 is 2.41 bits per heavy atom. The third kappa shape index (κ3) is 6.19. The molecule has 2 aromatic rings. The maximum atomic E-state index is 13.8. The van der Waals surface area contributed by atoms with Crippen molar-refractivity contribution in [2.24, 2.45) is 0 Å². The molecule has 0 saturated carbocycles. The van der Waals surface area contributed by atoms with Gasteiger partial charge in [0.05, 0.1) is 27.8 Å². The van der Waals surface area contributed by atoms with Gasteiger partial charge in [-0.25, -0.2) is 4.79 Å². The van der Waals surface area contributed by atoms with Crippen LogP contribution in [0.1, 0.15) is 49.9 Å². The monoisotopic (exact) mass is 567 g/mol. The Morgan fingerprint density at radius 2 is 1.78 bits per heavy atom. The molecule has 1 saturated heterocycles. The van der Waals surface area contributed by atoms with Gasteiger partial charge in [-0.2, -0.15) is 0 Å². The third-order valence-electron chi connectivity index (χ3n) is 6.07. The molecule has 1 aromatic heterocycles. The van der Waals surface area contributed by atoms with Gasteiger partial charge >= 0.3 is 6.03 Å². The van der Waals surface area contributed by atoms with Gasteiger partial charge in [-0.05, 0) is 37.5 Å². The Morgan fingerprint density at radius 1 is 1.11 bits per heavy atom. The summed E-state index contributed by atoms with van der Waals surface area (Å²) in [6.45, 7) is 9.71. The molecule has 1 fully saturated rings. The van der Waals surface area contributed by atoms with Crippen LogP contribution in [0.4, 0.5) is 15.5 Å². The van der Waals surface area contributed by atoms with Crippen molar-refractivity contribution in [3.63, 3.8) is 0 Å². The summed E-state index contributed by atoms with van der Waals surface area (Å²) in [7, 11) is 1.51. The van der Waals surface area contributed by atoms with Crippen LogP contribution in [-0.4, -0.2) is 65.8 Å². The molecule has 0 unspecified atom stereocenters. The second-order valence-electron chi connectivity index (χ2n) is 10.2. The fourth-order valence-corrected chi connectivity index (χ4v) is 5.33. The maximum Gasteiger partial charge on any atom is 0.324 e. The first kappa shape index (κ1) is 28.7. The van der Waals surface area contributed by atoms with Gasteiger partial charge in [0, 0.05) is 25.0 Å². The quantitative estimate of drug-likeness (QED) is 0.481. The van der Waals surface area contributed by atoms with Crippen molar-refractivity contribution >= 4 is 69.0 Å². The van der Waals surface area contributed by atoms with E-state index in [1.54, 1.807) is 38.1 Å². The van der Waals surface area contributed by atoms with E-state index < -0.39 is 11.6 Å². The van der Waals surface area contributed by atoms with Gasteiger partial charge in [0.15, 0.2) is 0 Å². The van der Waals surface area contributed by atoms with E-state index in [0.717, 1.165) is 4.88 Å². The molecular formula is C25H31Cl2N5O4S. The number of thiophene rings is 1. The number of benzene rings is 1. The lowest BCUT2D eigenvalue weighted by Crippen LogP contribution is -2.65. The number of nitrogens with one attached hydrogen (secondary N) is 3. The Hall–Kier alpha value is -2.82. The second kappa shape index (κ2) is 10.9. The molecule has 0 spiro atoms. The maximum absolute atomic E-state index is 13.8. The summed E-state index contributed by atoms with van der Waals surface area (Å²) < 4.78 is 0. The van der Waals surface area contributed by atoms with Crippen molar-refractivity contribution in [2.45, 2.75) is 45.6 Å². The minimum absolute atomic E-state index is 0.0769. The van der Waals surface area contributed by atoms with E-state index in [1.807, 2.05) is 20.8 Å². The van der Waals surface area contributed by atoms with Crippen molar-refractivity contribution in [1.29, 1.82) is 0 Å². The fraction of sp³-hybridized carbons (Fsp3) is 0.440. The number of hydrogen-bond donors (Lipinski definition) is 3. The topological polar surface area (TPSA) is 111 Å². The van der Waals surface area contributed by atoms with Crippen LogP contribution in [0.3, 0.4) is 0 Å². The largest absolute Gasteiger partial charge is 0.358 e. The summed E-state index contributed by atoms with van der Waals surface area (Å²) in [6, 6.07) is 6.04. The number of carbonyl (C=O) groups is 4. The SMILES string of the molecule is CNC(=O)CN1CCN(C(=O)c2cc(C(C)(C)C)sc2NC(=O)Nc2cccc(Cl)c2Cl)C(C)(C)C1=O. The molecule has 1 aromatic carbocycles. The number of halogens is 2. The summed E-state index contributed by atoms with van der Waals surface area (Å²) >= 11 is 13.5. The van der Waals surface area contributed by atoms with Crippen LogP contribution in [0.5, 0.6) is 0 Å². The van der Waals surface area contributed by atoms with Crippen molar-refractivity contribution in [3.8, 4) is 0 Å². The Bertz CT molecular complexity index is 1240. The Kier molecular flexibility index (Phi) is 8.46. The number of carbonyl (C=O) groups excluding carboxylic acids is 4. The first-order chi connectivity index (χ1) is 17.2. The van der Waals surface area contributed by atoms with E-state index in [1.165, 1.54) is 28.2 Å². The van der Waals surface area contributed by atoms with Crippen LogP contribution < -0.4 is 16.0 Å². The van der Waals surface area contributed by atoms with E-state index >= 15 is 0 Å². The smallest absolute Gasteiger partial charge is 0.324 e. The third-order valence-corrected chi connectivity index (χ3v) is 8.36. The van der Waals surface area contributed by atoms with Crippen LogP contribution >= 0.6 is 34.5 Å². The zero-order chi connectivity index (χ0) is 27.7. The van der Waals surface area contributed by atoms with Crippen LogP contribution in [0, 0.1) is 0 Å². The van der Waals surface area contributed by atoms with Crippen molar-refractivity contribution < 1.29 is 19.2 Å². The lowest BCUT2D eigenvalue weighted by atomic mass is 9.93. The van der Waals surface area contributed by atoms with Gasteiger partial charge in [0.25, 0.3) is 5.91 Å². The predicted molar refractivity (Wildman–Crippen MR) is 148 cm³/mol. The van der Waals surface area contributed by atoms with Gasteiger partial charge < -0.3 is 20.4 Å². The molecule has 3 N–H and O–H groups in total. The molecule has 1 aliphatic heterocycles. The normalized spacial score (nSPS) is 15.4. The average Bonchev–Trinajstić information content (AvgIpc) is 3.24. The molecule has 0 aliphatic carbocycles. The van der Waals surface area contributed by atoms with Gasteiger partial charge in [-0.3, -0.25) is 19.7 Å². The molecule has 12 heteroatoms. The van der Waals surface area contributed by atoms with Crippen LogP contribution in [-0.2, 0) is 15.0 Å². The lowest BCUT2D eigenvalue weighted by Gasteiger charge is -2.45. The summed E-state index contributed by atoms with van der Waals surface area (Å²) in [5, 5.41) is 8.79. The first-order valence-corrected chi connectivity index (χ1v) is 13.2. The Balaban J connectivity index is 1.90. The zero-order valence-electron chi connectivity index (χ0n) is 21.6. The predicted octanol–water partition coefficient (Wildman–Crippen LogP) is 4.81. The molecule has 0 atom stereocenters. The van der Waals surface area contributed by atoms with E-state index in [2.05, 4.69) is 16.0 Å². The molecular weight excluding hydrogens is 537 g/mol. The van der Waals surface area contributed by atoms with Crippen LogP contribution in [0.2, 0.25) is 10.0 Å². The summed E-state index contributed by atoms with van der Waals surface area (Å²) in [5.41, 5.74) is -0.876. The number of anilines is 2. The molecule has 2 heterocycles. The highest BCUT2D eigenvalue weighted by molar-refractivity contribution is 7.16. The number of amides is 5. The average molecular weight is 569 g/mol. The number of piperazine rings is 1. The molecule has 9 nitrogen and oxygen atoms in total. The summed E-state index contributed by atoms with van der Waals surface area (Å²) in [5.74, 6) is -1.00. The van der Waals surface area contributed by atoms with Crippen LogP contribution in [0.15, 0.2) is 24.3 Å². The van der Waals surface area contributed by atoms with Crippen molar-refractivity contribution in [2.75, 3.05) is 37.3 Å². The number of hydrogen-bond acceptors (Lipinski definition) is 5. The first-order valence-electron chi connectivity index (χ1n) is 11.6. The summed E-state index contributed by atoms with van der Waals surface area (Å²) in [4.78, 5) is 55.5. The van der Waals surface area contributed by atoms with Gasteiger partial charge in [-0.15, -0.1) is 11.3 Å². The van der Waals surface area contributed by atoms with Crippen molar-refractivity contribution in [1.82, 2.24) is 15.1 Å². The molecule has 200 valence electrons. The molecule has 37 heavy (non-hydrogen) atoms. The van der Waals surface area contributed by atoms with Crippen molar-refractivity contribution in [3.05, 3.63) is 44.8 Å². The van der Waals surface area contributed by atoms with Crippen LogP contribution in [0.25, 0.3) is 0 Å². The minimum Gasteiger partial charge on any atom is -0.358 e. The molecule has 1 aliphatic rings. The highest BCUT2D eigenvalue weighted by Gasteiger charge is 2.45. The van der Waals surface area contributed by atoms with E-state index in [-0.39, 0.29) is 53.4 Å². The lowest BCUT2D eigenvalue weighted by molar-refractivity contribution is -0.148. The van der Waals surface area contributed by atoms with Gasteiger partial charge in [0.1, 0.15) is 10.5 Å². The number of nitrogens with zero attached hydrogens (tertiary/aromatic N) is 2. The number of rotatable bonds is 5. The highest BCUT2D eigenvalue weighted by atomic mass is 35.5. The highest BCUT2D eigenvalue weighted by Crippen LogP contribution is 2.38. The van der Waals surface area contributed by atoms with E-state index in [0.29, 0.717) is 15.7 Å². The Labute approximate surface area is 230 Å².